The van der Waals surface area contributed by atoms with E-state index >= 15 is 0 Å². The van der Waals surface area contributed by atoms with Gasteiger partial charge in [-0.2, -0.15) is 0 Å². The van der Waals surface area contributed by atoms with Crippen LogP contribution in [0.4, 0.5) is 4.39 Å². The minimum absolute atomic E-state index is 0.0880. The van der Waals surface area contributed by atoms with Crippen molar-refractivity contribution in [1.29, 1.82) is 0 Å². The number of halogens is 1. The first-order valence-corrected chi connectivity index (χ1v) is 1.25. The van der Waals surface area contributed by atoms with Crippen LogP contribution in [-0.2, 0) is 9.90 Å². The molecule has 0 aromatic rings. The smallest absolute Gasteiger partial charge is 0.242 e. The lowest BCUT2D eigenvalue weighted by Crippen LogP contribution is -1.80. The number of hydrogen-bond acceptors (Lipinski definition) is 1. The van der Waals surface area contributed by atoms with Crippen molar-refractivity contribution in [3.8, 4) is 0 Å². The third kappa shape index (κ3) is 3.14. The first kappa shape index (κ1) is 5.14. The predicted molar refractivity (Wildman–Crippen MR) is 15.9 cm³/mol. The van der Waals surface area contributed by atoms with Crippen LogP contribution < -0.4 is 0 Å². The van der Waals surface area contributed by atoms with E-state index in [1.807, 2.05) is 0 Å². The fraction of sp³-hybridized carbons (Fsp3) is 0. The topological polar surface area (TPSA) is 37.0 Å². The summed E-state index contributed by atoms with van der Waals surface area (Å²) in [7, 11) is 0. The minimum atomic E-state index is -1.52. The first-order chi connectivity index (χ1) is 2.77. The Morgan fingerprint density at radius 3 is 2.17 bits per heavy atom. The molecule has 0 aromatic carbocycles. The Hall–Kier alpha value is -0.860. The molecule has 1 radical (unpaired) electrons. The van der Waals surface area contributed by atoms with E-state index in [2.05, 4.69) is 0 Å². The molecule has 0 aliphatic rings. The highest BCUT2D eigenvalue weighted by molar-refractivity contribution is 5.78. The molecule has 0 aliphatic carbocycles. The van der Waals surface area contributed by atoms with Gasteiger partial charge in [0.25, 0.3) is 0 Å². The van der Waals surface area contributed by atoms with Gasteiger partial charge in [0.15, 0.2) is 0 Å². The van der Waals surface area contributed by atoms with E-state index < -0.39 is 5.97 Å². The lowest BCUT2D eigenvalue weighted by Gasteiger charge is -1.60. The second-order valence-electron chi connectivity index (χ2n) is 0.612. The zero-order chi connectivity index (χ0) is 4.99. The Balaban J connectivity index is 3.30. The fourth-order valence-electron chi connectivity index (χ4n) is 0.0514. The lowest BCUT2D eigenvalue weighted by atomic mass is 10.7. The monoisotopic (exact) mass is 89.0 g/mol. The second kappa shape index (κ2) is 2.38. The van der Waals surface area contributed by atoms with Crippen LogP contribution in [0.1, 0.15) is 0 Å². The summed E-state index contributed by atoms with van der Waals surface area (Å²) in [6, 6.07) is 0. The Bertz CT molecular complexity index is 76.9. The molecular formula is C3H2FO2. The Morgan fingerprint density at radius 2 is 2.17 bits per heavy atom. The Morgan fingerprint density at radius 1 is 1.67 bits per heavy atom. The Labute approximate surface area is 33.9 Å². The molecule has 0 unspecified atom stereocenters. The van der Waals surface area contributed by atoms with Crippen LogP contribution in [0.25, 0.3) is 0 Å². The van der Waals surface area contributed by atoms with Crippen LogP contribution in [0.5, 0.6) is 0 Å². The summed E-state index contributed by atoms with van der Waals surface area (Å²) in [6.45, 7) is 0. The van der Waals surface area contributed by atoms with Crippen LogP contribution in [-0.4, -0.2) is 5.97 Å². The third-order valence-corrected chi connectivity index (χ3v) is 0.199. The molecule has 0 aromatic heterocycles. The summed E-state index contributed by atoms with van der Waals surface area (Å²) in [4.78, 5) is 9.16. The fourth-order valence-corrected chi connectivity index (χ4v) is 0.0514. The maximum atomic E-state index is 10.6. The third-order valence-electron chi connectivity index (χ3n) is 0.199. The van der Waals surface area contributed by atoms with E-state index in [1.165, 1.54) is 0 Å². The van der Waals surface area contributed by atoms with Gasteiger partial charge in [-0.25, -0.2) is 14.3 Å². The molecule has 0 aliphatic heterocycles. The van der Waals surface area contributed by atoms with Gasteiger partial charge in [-0.15, -0.1) is 0 Å². The molecule has 33 valence electrons. The van der Waals surface area contributed by atoms with Gasteiger partial charge in [0, 0.05) is 0 Å². The molecular weight excluding hydrogens is 87.0 g/mol. The highest BCUT2D eigenvalue weighted by Crippen LogP contribution is 1.69. The largest absolute Gasteiger partial charge is 0.381 e. The van der Waals surface area contributed by atoms with Crippen molar-refractivity contribution >= 4 is 5.97 Å². The molecule has 0 saturated heterocycles. The van der Waals surface area contributed by atoms with E-state index in [0.717, 1.165) is 0 Å². The molecule has 6 heavy (non-hydrogen) atoms. The lowest BCUT2D eigenvalue weighted by molar-refractivity contribution is -0.137. The normalized spacial score (nSPS) is 9.50. The van der Waals surface area contributed by atoms with E-state index in [9.17, 15) is 4.39 Å². The van der Waals surface area contributed by atoms with E-state index in [-0.39, 0.29) is 6.33 Å². The second-order valence-corrected chi connectivity index (χ2v) is 0.612. The van der Waals surface area contributed by atoms with Crippen LogP contribution in [0.2, 0.25) is 0 Å². The van der Waals surface area contributed by atoms with Gasteiger partial charge in [-0.05, 0) is 0 Å². The van der Waals surface area contributed by atoms with Crippen molar-refractivity contribution in [2.24, 2.45) is 0 Å². The molecule has 0 fully saturated rings. The summed E-state index contributed by atoms with van der Waals surface area (Å²) in [6.07, 6.45) is 0.218. The van der Waals surface area contributed by atoms with E-state index in [0.29, 0.717) is 6.08 Å². The number of rotatable bonds is 1. The van der Waals surface area contributed by atoms with Gasteiger partial charge in [0.2, 0.25) is 0 Å². The van der Waals surface area contributed by atoms with Crippen molar-refractivity contribution in [3.05, 3.63) is 12.4 Å². The number of carbonyl (C=O) groups excluding carboxylic acids is 1. The van der Waals surface area contributed by atoms with Gasteiger partial charge in [0.1, 0.15) is 0 Å². The van der Waals surface area contributed by atoms with Gasteiger partial charge in [-0.1, -0.05) is 0 Å². The maximum absolute atomic E-state index is 10.6. The summed E-state index contributed by atoms with van der Waals surface area (Å²) >= 11 is 0. The highest BCUT2D eigenvalue weighted by Gasteiger charge is 1.83. The van der Waals surface area contributed by atoms with Crippen LogP contribution >= 0.6 is 0 Å². The molecule has 0 atom stereocenters. The van der Waals surface area contributed by atoms with Crippen LogP contribution in [0.15, 0.2) is 12.4 Å². The predicted octanol–water partition coefficient (Wildman–Crippen LogP) is 0.427. The van der Waals surface area contributed by atoms with Gasteiger partial charge < -0.3 is 0 Å². The van der Waals surface area contributed by atoms with E-state index in [1.54, 1.807) is 0 Å². The molecule has 0 amide bonds. The van der Waals surface area contributed by atoms with Gasteiger partial charge in [-0.3, -0.25) is 0 Å². The van der Waals surface area contributed by atoms with Crippen molar-refractivity contribution in [2.45, 2.75) is 0 Å². The van der Waals surface area contributed by atoms with Crippen molar-refractivity contribution in [1.82, 2.24) is 0 Å². The number of hydrogen-bond donors (Lipinski definition) is 0. The van der Waals surface area contributed by atoms with Crippen molar-refractivity contribution < 1.29 is 14.3 Å². The molecule has 0 rings (SSSR count). The minimum Gasteiger partial charge on any atom is -0.242 e. The SMILES string of the molecule is [O]C(=O)C=CF. The summed E-state index contributed by atoms with van der Waals surface area (Å²) < 4.78 is 10.6. The zero-order valence-corrected chi connectivity index (χ0v) is 2.85. The Kier molecular flexibility index (Phi) is 2.04. The number of carbonyl (C=O) groups is 1. The molecule has 0 spiro atoms. The highest BCUT2D eigenvalue weighted by atomic mass is 19.1. The summed E-state index contributed by atoms with van der Waals surface area (Å²) in [5.74, 6) is -1.52. The van der Waals surface area contributed by atoms with Crippen molar-refractivity contribution in [3.63, 3.8) is 0 Å². The molecule has 0 bridgehead atoms. The molecule has 0 saturated carbocycles. The summed E-state index contributed by atoms with van der Waals surface area (Å²) in [5, 5.41) is 9.16. The standard InChI is InChI=1S/C3H2FO2/c4-2-1-3(5)6/h1-2H. The summed E-state index contributed by atoms with van der Waals surface area (Å²) in [5.41, 5.74) is 0. The average Bonchev–Trinajstić information content (AvgIpc) is 1.35. The first-order valence-electron chi connectivity index (χ1n) is 1.25. The van der Waals surface area contributed by atoms with Gasteiger partial charge >= 0.3 is 5.97 Å². The van der Waals surface area contributed by atoms with E-state index in [4.69, 9.17) is 9.90 Å². The maximum Gasteiger partial charge on any atom is 0.381 e. The molecule has 2 nitrogen and oxygen atoms in total. The average molecular weight is 89.0 g/mol. The molecule has 0 N–H and O–H groups in total. The van der Waals surface area contributed by atoms with Crippen LogP contribution in [0, 0.1) is 0 Å². The zero-order valence-electron chi connectivity index (χ0n) is 2.85. The molecule has 3 heteroatoms. The molecule has 0 heterocycles. The van der Waals surface area contributed by atoms with Crippen molar-refractivity contribution in [2.75, 3.05) is 0 Å². The van der Waals surface area contributed by atoms with Crippen LogP contribution in [0.3, 0.4) is 0 Å². The quantitative estimate of drug-likeness (QED) is 0.429. The van der Waals surface area contributed by atoms with Gasteiger partial charge in [0.05, 0.1) is 12.4 Å².